The number of fused-ring (bicyclic) bond motifs is 1. The summed E-state index contributed by atoms with van der Waals surface area (Å²) in [7, 11) is 4.88. The van der Waals surface area contributed by atoms with Gasteiger partial charge in [-0.2, -0.15) is 0 Å². The van der Waals surface area contributed by atoms with Crippen LogP contribution in [0.2, 0.25) is 0 Å². The van der Waals surface area contributed by atoms with Crippen LogP contribution >= 0.6 is 0 Å². The second-order valence-electron chi connectivity index (χ2n) is 6.80. The zero-order valence-electron chi connectivity index (χ0n) is 16.5. The maximum atomic E-state index is 12.9. The standard InChI is InChI=1S/C20H19N5O5/c1-23-17(12-4-8-14(9-5-12)25(27)28)16-18(24(2)20(23)26)19(30-22-16)21-13-6-10-15(29-3)11-7-13/h4-11,17,21H,1-3H3. The first-order valence-corrected chi connectivity index (χ1v) is 9.06. The number of rotatable bonds is 5. The molecule has 2 amide bonds. The Balaban J connectivity index is 1.72. The lowest BCUT2D eigenvalue weighted by atomic mass is 9.99. The minimum Gasteiger partial charge on any atom is -0.497 e. The highest BCUT2D eigenvalue weighted by Gasteiger charge is 2.40. The molecule has 154 valence electrons. The number of aromatic nitrogens is 1. The molecular formula is C20H19N5O5. The van der Waals surface area contributed by atoms with Crippen molar-refractivity contribution in [3.63, 3.8) is 0 Å². The molecule has 2 aromatic carbocycles. The maximum absolute atomic E-state index is 12.9. The van der Waals surface area contributed by atoms with Gasteiger partial charge >= 0.3 is 6.03 Å². The Morgan fingerprint density at radius 1 is 1.13 bits per heavy atom. The zero-order chi connectivity index (χ0) is 21.4. The smallest absolute Gasteiger partial charge is 0.325 e. The first kappa shape index (κ1) is 19.2. The van der Waals surface area contributed by atoms with Gasteiger partial charge in [-0.15, -0.1) is 0 Å². The molecule has 0 saturated carbocycles. The van der Waals surface area contributed by atoms with Crippen LogP contribution in [0.3, 0.4) is 0 Å². The van der Waals surface area contributed by atoms with Gasteiger partial charge in [0.05, 0.1) is 12.0 Å². The lowest BCUT2D eigenvalue weighted by Gasteiger charge is -2.36. The number of carbonyl (C=O) groups is 1. The molecule has 0 fully saturated rings. The zero-order valence-corrected chi connectivity index (χ0v) is 16.5. The number of anilines is 3. The van der Waals surface area contributed by atoms with Gasteiger partial charge in [-0.05, 0) is 42.0 Å². The minimum absolute atomic E-state index is 0.0251. The highest BCUT2D eigenvalue weighted by atomic mass is 16.6. The molecule has 3 aromatic rings. The molecule has 1 atom stereocenters. The Morgan fingerprint density at radius 2 is 1.80 bits per heavy atom. The number of non-ortho nitro benzene ring substituents is 1. The monoisotopic (exact) mass is 409 g/mol. The molecule has 2 heterocycles. The molecule has 10 nitrogen and oxygen atoms in total. The van der Waals surface area contributed by atoms with Crippen molar-refractivity contribution >= 4 is 29.0 Å². The van der Waals surface area contributed by atoms with E-state index in [0.717, 1.165) is 5.69 Å². The Bertz CT molecular complexity index is 1090. The van der Waals surface area contributed by atoms with Crippen LogP contribution in [0, 0.1) is 10.1 Å². The van der Waals surface area contributed by atoms with Gasteiger partial charge in [0, 0.05) is 31.9 Å². The summed E-state index contributed by atoms with van der Waals surface area (Å²) in [5.41, 5.74) is 2.45. The van der Waals surface area contributed by atoms with Gasteiger partial charge in [0.1, 0.15) is 23.2 Å². The molecule has 30 heavy (non-hydrogen) atoms. The second kappa shape index (κ2) is 7.39. The van der Waals surface area contributed by atoms with Crippen LogP contribution in [0.4, 0.5) is 27.7 Å². The Hall–Kier alpha value is -4.08. The van der Waals surface area contributed by atoms with Crippen molar-refractivity contribution in [3.05, 3.63) is 69.9 Å². The molecule has 1 aromatic heterocycles. The largest absolute Gasteiger partial charge is 0.497 e. The van der Waals surface area contributed by atoms with Crippen LogP contribution in [0.15, 0.2) is 53.1 Å². The molecule has 0 bridgehead atoms. The van der Waals surface area contributed by atoms with E-state index in [4.69, 9.17) is 9.26 Å². The fourth-order valence-corrected chi connectivity index (χ4v) is 3.47. The molecule has 1 unspecified atom stereocenters. The van der Waals surface area contributed by atoms with Gasteiger partial charge in [0.25, 0.3) is 11.6 Å². The quantitative estimate of drug-likeness (QED) is 0.502. The molecular weight excluding hydrogens is 390 g/mol. The van der Waals surface area contributed by atoms with E-state index in [-0.39, 0.29) is 11.7 Å². The second-order valence-corrected chi connectivity index (χ2v) is 6.80. The Labute approximate surface area is 171 Å². The summed E-state index contributed by atoms with van der Waals surface area (Å²) in [5, 5.41) is 18.3. The molecule has 10 heteroatoms. The molecule has 0 aliphatic carbocycles. The van der Waals surface area contributed by atoms with Gasteiger partial charge in [-0.25, -0.2) is 4.79 Å². The molecule has 1 N–H and O–H groups in total. The number of methoxy groups -OCH3 is 1. The van der Waals surface area contributed by atoms with Gasteiger partial charge in [0.15, 0.2) is 0 Å². The van der Waals surface area contributed by atoms with Crippen LogP contribution in [0.25, 0.3) is 0 Å². The molecule has 0 radical (unpaired) electrons. The third-order valence-electron chi connectivity index (χ3n) is 5.03. The summed E-state index contributed by atoms with van der Waals surface area (Å²) in [6, 6.07) is 12.5. The van der Waals surface area contributed by atoms with Crippen LogP contribution in [-0.4, -0.2) is 42.2 Å². The molecule has 0 spiro atoms. The number of urea groups is 1. The van der Waals surface area contributed by atoms with Crippen molar-refractivity contribution in [2.75, 3.05) is 31.4 Å². The number of nitrogens with zero attached hydrogens (tertiary/aromatic N) is 4. The average molecular weight is 409 g/mol. The summed E-state index contributed by atoms with van der Waals surface area (Å²) in [4.78, 5) is 26.3. The predicted octanol–water partition coefficient (Wildman–Crippen LogP) is 3.93. The van der Waals surface area contributed by atoms with E-state index in [1.54, 1.807) is 45.5 Å². The number of carbonyl (C=O) groups excluding carboxylic acids is 1. The van der Waals surface area contributed by atoms with Crippen molar-refractivity contribution in [1.29, 1.82) is 0 Å². The van der Waals surface area contributed by atoms with Crippen LogP contribution in [0.5, 0.6) is 5.75 Å². The van der Waals surface area contributed by atoms with E-state index >= 15 is 0 Å². The Kier molecular flexibility index (Phi) is 4.74. The summed E-state index contributed by atoms with van der Waals surface area (Å²) >= 11 is 0. The molecule has 1 aliphatic rings. The van der Waals surface area contributed by atoms with Crippen molar-refractivity contribution in [1.82, 2.24) is 10.1 Å². The first-order valence-electron chi connectivity index (χ1n) is 9.06. The number of benzene rings is 2. The SMILES string of the molecule is COc1ccc(Nc2onc3c2N(C)C(=O)N(C)C3c2ccc([N+](=O)[O-])cc2)cc1. The maximum Gasteiger partial charge on any atom is 0.325 e. The number of hydrogen-bond acceptors (Lipinski definition) is 7. The highest BCUT2D eigenvalue weighted by Crippen LogP contribution is 2.43. The fraction of sp³-hybridized carbons (Fsp3) is 0.200. The summed E-state index contributed by atoms with van der Waals surface area (Å²) < 4.78 is 10.7. The van der Waals surface area contributed by atoms with Crippen molar-refractivity contribution in [3.8, 4) is 5.75 Å². The number of nitro benzene ring substituents is 1. The van der Waals surface area contributed by atoms with Crippen molar-refractivity contribution < 1.29 is 19.0 Å². The number of nitrogens with one attached hydrogen (secondary N) is 1. The first-order chi connectivity index (χ1) is 14.4. The molecule has 1 aliphatic heterocycles. The van der Waals surface area contributed by atoms with Crippen LogP contribution < -0.4 is 15.0 Å². The van der Waals surface area contributed by atoms with E-state index in [0.29, 0.717) is 28.6 Å². The van der Waals surface area contributed by atoms with Gasteiger partial charge in [0.2, 0.25) is 0 Å². The third kappa shape index (κ3) is 3.17. The number of hydrogen-bond donors (Lipinski definition) is 1. The summed E-state index contributed by atoms with van der Waals surface area (Å²) in [6.07, 6.45) is 0. The topological polar surface area (TPSA) is 114 Å². The van der Waals surface area contributed by atoms with Crippen LogP contribution in [-0.2, 0) is 0 Å². The third-order valence-corrected chi connectivity index (χ3v) is 5.03. The predicted molar refractivity (Wildman–Crippen MR) is 109 cm³/mol. The van der Waals surface area contributed by atoms with Gasteiger partial charge in [-0.3, -0.25) is 15.0 Å². The van der Waals surface area contributed by atoms with E-state index in [1.807, 2.05) is 12.1 Å². The van der Waals surface area contributed by atoms with E-state index in [1.165, 1.54) is 21.9 Å². The van der Waals surface area contributed by atoms with E-state index in [2.05, 4.69) is 10.5 Å². The minimum atomic E-state index is -0.542. The number of amides is 2. The highest BCUT2D eigenvalue weighted by molar-refractivity contribution is 5.98. The number of ether oxygens (including phenoxy) is 1. The van der Waals surface area contributed by atoms with Crippen LogP contribution in [0.1, 0.15) is 17.3 Å². The van der Waals surface area contributed by atoms with Gasteiger partial charge in [-0.1, -0.05) is 5.16 Å². The summed E-state index contributed by atoms with van der Waals surface area (Å²) in [6.45, 7) is 0. The van der Waals surface area contributed by atoms with E-state index in [9.17, 15) is 14.9 Å². The normalized spacial score (nSPS) is 15.7. The molecule has 4 rings (SSSR count). The van der Waals surface area contributed by atoms with Crippen molar-refractivity contribution in [2.24, 2.45) is 0 Å². The van der Waals surface area contributed by atoms with Gasteiger partial charge < -0.3 is 19.5 Å². The number of nitro groups is 1. The molecule has 0 saturated heterocycles. The summed E-state index contributed by atoms with van der Waals surface area (Å²) in [5.74, 6) is 1.04. The lowest BCUT2D eigenvalue weighted by molar-refractivity contribution is -0.384. The lowest BCUT2D eigenvalue weighted by Crippen LogP contribution is -2.46. The Morgan fingerprint density at radius 3 is 2.40 bits per heavy atom. The average Bonchev–Trinajstić information content (AvgIpc) is 3.16. The van der Waals surface area contributed by atoms with E-state index < -0.39 is 11.0 Å². The fourth-order valence-electron chi connectivity index (χ4n) is 3.47. The van der Waals surface area contributed by atoms with Crippen molar-refractivity contribution in [2.45, 2.75) is 6.04 Å².